The minimum atomic E-state index is -1.33. The molecule has 0 rings (SSSR count). The molecule has 2 amide bonds. The third-order valence-electron chi connectivity index (χ3n) is 3.60. The molecule has 26 heavy (non-hydrogen) atoms. The highest BCUT2D eigenvalue weighted by atomic mass is 16.4. The van der Waals surface area contributed by atoms with E-state index in [-0.39, 0.29) is 18.3 Å². The summed E-state index contributed by atoms with van der Waals surface area (Å²) < 4.78 is 0. The van der Waals surface area contributed by atoms with Gasteiger partial charge in [0.15, 0.2) is 5.96 Å². The number of aliphatic hydroxyl groups excluding tert-OH is 1. The first-order valence-corrected chi connectivity index (χ1v) is 8.30. The lowest BCUT2D eigenvalue weighted by atomic mass is 10.0. The molecule has 0 aliphatic rings. The predicted molar refractivity (Wildman–Crippen MR) is 95.9 cm³/mol. The molecule has 11 heteroatoms. The molecule has 11 nitrogen and oxygen atoms in total. The van der Waals surface area contributed by atoms with Gasteiger partial charge in [0.1, 0.15) is 12.1 Å². The summed E-state index contributed by atoms with van der Waals surface area (Å²) in [5.41, 5.74) is 16.1. The molecule has 0 heterocycles. The Morgan fingerprint density at radius 3 is 2.00 bits per heavy atom. The highest BCUT2D eigenvalue weighted by Crippen LogP contribution is 2.04. The van der Waals surface area contributed by atoms with E-state index in [0.29, 0.717) is 13.0 Å². The number of carbonyl (C=O) groups is 3. The van der Waals surface area contributed by atoms with Crippen molar-refractivity contribution in [1.29, 1.82) is 0 Å². The molecule has 0 aliphatic carbocycles. The molecule has 0 bridgehead atoms. The number of hydrogen-bond donors (Lipinski definition) is 7. The van der Waals surface area contributed by atoms with Crippen LogP contribution in [-0.2, 0) is 14.4 Å². The van der Waals surface area contributed by atoms with Gasteiger partial charge in [0.25, 0.3) is 0 Å². The van der Waals surface area contributed by atoms with Crippen molar-refractivity contribution in [3.63, 3.8) is 0 Å². The molecular weight excluding hydrogens is 344 g/mol. The molecule has 0 aromatic carbocycles. The normalized spacial score (nSPS) is 15.5. The maximum Gasteiger partial charge on any atom is 0.326 e. The molecule has 0 fully saturated rings. The van der Waals surface area contributed by atoms with E-state index < -0.39 is 42.0 Å². The van der Waals surface area contributed by atoms with Crippen molar-refractivity contribution >= 4 is 23.7 Å². The van der Waals surface area contributed by atoms with Gasteiger partial charge in [-0.05, 0) is 25.7 Å². The fourth-order valence-corrected chi connectivity index (χ4v) is 2.07. The number of guanidine groups is 1. The number of aliphatic hydroxyl groups is 1. The summed E-state index contributed by atoms with van der Waals surface area (Å²) >= 11 is 0. The fourth-order valence-electron chi connectivity index (χ4n) is 2.07. The Kier molecular flexibility index (Phi) is 10.2. The van der Waals surface area contributed by atoms with Crippen molar-refractivity contribution in [2.24, 2.45) is 28.1 Å². The van der Waals surface area contributed by atoms with Gasteiger partial charge in [0.05, 0.1) is 12.1 Å². The molecule has 0 aromatic heterocycles. The van der Waals surface area contributed by atoms with Gasteiger partial charge in [-0.25, -0.2) is 4.79 Å². The van der Waals surface area contributed by atoms with Gasteiger partial charge < -0.3 is 38.0 Å². The zero-order valence-electron chi connectivity index (χ0n) is 15.3. The van der Waals surface area contributed by atoms with Crippen LogP contribution >= 0.6 is 0 Å². The van der Waals surface area contributed by atoms with Crippen LogP contribution in [0.15, 0.2) is 4.99 Å². The Morgan fingerprint density at radius 1 is 1.04 bits per heavy atom. The Bertz CT molecular complexity index is 519. The van der Waals surface area contributed by atoms with Crippen LogP contribution in [-0.4, -0.2) is 64.7 Å². The van der Waals surface area contributed by atoms with Crippen molar-refractivity contribution in [3.8, 4) is 0 Å². The van der Waals surface area contributed by atoms with E-state index in [1.807, 2.05) is 0 Å². The van der Waals surface area contributed by atoms with E-state index in [1.165, 1.54) is 6.92 Å². The number of carboxylic acid groups (broad SMARTS) is 1. The summed E-state index contributed by atoms with van der Waals surface area (Å²) in [6.07, 6.45) is -0.526. The van der Waals surface area contributed by atoms with E-state index >= 15 is 0 Å². The zero-order chi connectivity index (χ0) is 20.4. The van der Waals surface area contributed by atoms with Crippen molar-refractivity contribution in [2.75, 3.05) is 6.54 Å². The topological polar surface area (TPSA) is 206 Å². The molecule has 0 spiro atoms. The van der Waals surface area contributed by atoms with Gasteiger partial charge in [-0.3, -0.25) is 14.6 Å². The smallest absolute Gasteiger partial charge is 0.326 e. The monoisotopic (exact) mass is 374 g/mol. The van der Waals surface area contributed by atoms with E-state index in [2.05, 4.69) is 15.6 Å². The van der Waals surface area contributed by atoms with E-state index in [1.54, 1.807) is 13.8 Å². The predicted octanol–water partition coefficient (Wildman–Crippen LogP) is -2.54. The van der Waals surface area contributed by atoms with E-state index in [4.69, 9.17) is 22.3 Å². The van der Waals surface area contributed by atoms with Crippen LogP contribution < -0.4 is 27.8 Å². The summed E-state index contributed by atoms with van der Waals surface area (Å²) in [5, 5.41) is 23.6. The molecule has 0 radical (unpaired) electrons. The number of nitrogens with zero attached hydrogens (tertiary/aromatic N) is 1. The number of carbonyl (C=O) groups excluding carboxylic acids is 2. The number of carboxylic acids is 1. The lowest BCUT2D eigenvalue weighted by Crippen LogP contribution is -2.58. The Balaban J connectivity index is 4.79. The lowest BCUT2D eigenvalue weighted by molar-refractivity contribution is -0.144. The Labute approximate surface area is 152 Å². The largest absolute Gasteiger partial charge is 0.480 e. The highest BCUT2D eigenvalue weighted by Gasteiger charge is 2.31. The second kappa shape index (κ2) is 11.3. The van der Waals surface area contributed by atoms with Crippen LogP contribution in [0.2, 0.25) is 0 Å². The van der Waals surface area contributed by atoms with Crippen LogP contribution in [0.3, 0.4) is 0 Å². The number of nitrogens with one attached hydrogen (secondary N) is 2. The number of aliphatic imine (C=N–C) groups is 1. The van der Waals surface area contributed by atoms with Gasteiger partial charge in [-0.15, -0.1) is 0 Å². The van der Waals surface area contributed by atoms with Crippen LogP contribution in [0.1, 0.15) is 33.6 Å². The summed E-state index contributed by atoms with van der Waals surface area (Å²) in [4.78, 5) is 39.3. The van der Waals surface area contributed by atoms with Gasteiger partial charge in [-0.2, -0.15) is 0 Å². The maximum absolute atomic E-state index is 12.3. The third kappa shape index (κ3) is 8.62. The number of hydrogen-bond acceptors (Lipinski definition) is 6. The number of nitrogens with two attached hydrogens (primary N) is 3. The summed E-state index contributed by atoms with van der Waals surface area (Å²) in [6.45, 7) is 4.86. The molecule has 4 atom stereocenters. The Hall–Kier alpha value is -2.40. The van der Waals surface area contributed by atoms with Gasteiger partial charge >= 0.3 is 5.97 Å². The Morgan fingerprint density at radius 2 is 1.58 bits per heavy atom. The summed E-state index contributed by atoms with van der Waals surface area (Å²) in [6, 6.07) is -3.40. The minimum Gasteiger partial charge on any atom is -0.480 e. The minimum absolute atomic E-state index is 0.0630. The summed E-state index contributed by atoms with van der Waals surface area (Å²) in [5.74, 6) is -3.10. The molecule has 0 aromatic rings. The molecule has 0 aliphatic heterocycles. The quantitative estimate of drug-likeness (QED) is 0.116. The zero-order valence-corrected chi connectivity index (χ0v) is 15.3. The molecule has 150 valence electrons. The second-order valence-electron chi connectivity index (χ2n) is 6.35. The first kappa shape index (κ1) is 23.6. The van der Waals surface area contributed by atoms with E-state index in [0.717, 1.165) is 0 Å². The molecular formula is C15H30N6O5. The SMILES string of the molecule is CC(C)C(NC(=O)C(NC(=O)C(N)CCCN=C(N)N)C(C)O)C(=O)O. The number of rotatable bonds is 11. The first-order valence-electron chi connectivity index (χ1n) is 8.30. The van der Waals surface area contributed by atoms with Crippen molar-refractivity contribution < 1.29 is 24.6 Å². The third-order valence-corrected chi connectivity index (χ3v) is 3.60. The first-order chi connectivity index (χ1) is 12.0. The van der Waals surface area contributed by atoms with Crippen LogP contribution in [0.4, 0.5) is 0 Å². The van der Waals surface area contributed by atoms with Gasteiger partial charge in [0, 0.05) is 6.54 Å². The molecule has 4 unspecified atom stereocenters. The van der Waals surface area contributed by atoms with Crippen molar-refractivity contribution in [2.45, 2.75) is 57.8 Å². The van der Waals surface area contributed by atoms with Crippen LogP contribution in [0, 0.1) is 5.92 Å². The second-order valence-corrected chi connectivity index (χ2v) is 6.35. The molecule has 0 saturated heterocycles. The van der Waals surface area contributed by atoms with Gasteiger partial charge in [0.2, 0.25) is 11.8 Å². The van der Waals surface area contributed by atoms with Crippen molar-refractivity contribution in [3.05, 3.63) is 0 Å². The number of amides is 2. The fraction of sp³-hybridized carbons (Fsp3) is 0.733. The van der Waals surface area contributed by atoms with Gasteiger partial charge in [-0.1, -0.05) is 13.8 Å². The molecule has 10 N–H and O–H groups in total. The van der Waals surface area contributed by atoms with E-state index in [9.17, 15) is 19.5 Å². The van der Waals surface area contributed by atoms with Crippen molar-refractivity contribution in [1.82, 2.24) is 10.6 Å². The number of aliphatic carboxylic acids is 1. The average molecular weight is 374 g/mol. The summed E-state index contributed by atoms with van der Waals surface area (Å²) in [7, 11) is 0. The standard InChI is InChI=1S/C15H30N6O5/c1-7(2)10(14(25)26)20-13(24)11(8(3)22)21-12(23)9(16)5-4-6-19-15(17)18/h7-11,22H,4-6,16H2,1-3H3,(H,20,24)(H,21,23)(H,25,26)(H4,17,18,19). The average Bonchev–Trinajstić information content (AvgIpc) is 2.52. The van der Waals surface area contributed by atoms with Crippen LogP contribution in [0.25, 0.3) is 0 Å². The maximum atomic E-state index is 12.3. The highest BCUT2D eigenvalue weighted by molar-refractivity contribution is 5.92. The lowest BCUT2D eigenvalue weighted by Gasteiger charge is -2.25. The van der Waals surface area contributed by atoms with Crippen LogP contribution in [0.5, 0.6) is 0 Å². The molecule has 0 saturated carbocycles.